The van der Waals surface area contributed by atoms with Gasteiger partial charge in [0.1, 0.15) is 5.76 Å². The third-order valence-electron chi connectivity index (χ3n) is 5.55. The third-order valence-corrected chi connectivity index (χ3v) is 7.34. The first-order valence-corrected chi connectivity index (χ1v) is 10.9. The Morgan fingerprint density at radius 1 is 1.14 bits per heavy atom. The standard InChI is InChI=1S/C21H25N3O3S/c1-15-9-10-18(12-16(15)2)28(25,26)24(13-17-6-5-11-27-17)14-20-19-7-4-8-21(19)23(3)22-20/h5-6,9-12H,4,7-8,13-14H2,1-3H3. The minimum Gasteiger partial charge on any atom is -0.468 e. The molecule has 0 unspecified atom stereocenters. The van der Waals surface area contributed by atoms with Gasteiger partial charge in [0.15, 0.2) is 0 Å². The molecule has 1 aliphatic rings. The van der Waals surface area contributed by atoms with Crippen LogP contribution in [0.5, 0.6) is 0 Å². The van der Waals surface area contributed by atoms with E-state index in [1.807, 2.05) is 31.6 Å². The van der Waals surface area contributed by atoms with Crippen LogP contribution in [0.15, 0.2) is 45.9 Å². The molecular weight excluding hydrogens is 374 g/mol. The summed E-state index contributed by atoms with van der Waals surface area (Å²) in [5, 5.41) is 4.62. The van der Waals surface area contributed by atoms with Crippen molar-refractivity contribution in [2.75, 3.05) is 0 Å². The summed E-state index contributed by atoms with van der Waals surface area (Å²) in [6.45, 7) is 4.31. The van der Waals surface area contributed by atoms with Crippen molar-refractivity contribution in [2.45, 2.75) is 51.1 Å². The molecule has 0 saturated heterocycles. The molecule has 0 atom stereocenters. The van der Waals surface area contributed by atoms with Crippen LogP contribution >= 0.6 is 0 Å². The smallest absolute Gasteiger partial charge is 0.243 e. The van der Waals surface area contributed by atoms with Crippen LogP contribution in [0.2, 0.25) is 0 Å². The van der Waals surface area contributed by atoms with Crippen molar-refractivity contribution in [1.29, 1.82) is 0 Å². The fourth-order valence-corrected chi connectivity index (χ4v) is 5.27. The summed E-state index contributed by atoms with van der Waals surface area (Å²) in [6, 6.07) is 8.84. The number of aromatic nitrogens is 2. The highest BCUT2D eigenvalue weighted by Gasteiger charge is 2.30. The van der Waals surface area contributed by atoms with E-state index >= 15 is 0 Å². The lowest BCUT2D eigenvalue weighted by Crippen LogP contribution is -2.30. The Labute approximate surface area is 165 Å². The van der Waals surface area contributed by atoms with Gasteiger partial charge in [-0.2, -0.15) is 9.40 Å². The molecule has 0 amide bonds. The fourth-order valence-electron chi connectivity index (χ4n) is 3.82. The summed E-state index contributed by atoms with van der Waals surface area (Å²) in [4.78, 5) is 0.301. The van der Waals surface area contributed by atoms with Gasteiger partial charge in [0, 0.05) is 12.7 Å². The van der Waals surface area contributed by atoms with Crippen molar-refractivity contribution < 1.29 is 12.8 Å². The van der Waals surface area contributed by atoms with Gasteiger partial charge in [-0.05, 0) is 74.1 Å². The Morgan fingerprint density at radius 3 is 2.68 bits per heavy atom. The molecule has 4 rings (SSSR count). The number of furan rings is 1. The summed E-state index contributed by atoms with van der Waals surface area (Å²) in [5.74, 6) is 0.611. The maximum Gasteiger partial charge on any atom is 0.243 e. The van der Waals surface area contributed by atoms with E-state index in [1.54, 1.807) is 30.5 Å². The van der Waals surface area contributed by atoms with Gasteiger partial charge in [-0.1, -0.05) is 6.07 Å². The molecule has 0 bridgehead atoms. The molecule has 0 spiro atoms. The van der Waals surface area contributed by atoms with E-state index in [-0.39, 0.29) is 13.1 Å². The number of nitrogens with zero attached hydrogens (tertiary/aromatic N) is 3. The second-order valence-electron chi connectivity index (χ2n) is 7.45. The number of rotatable bonds is 6. The Bertz CT molecular complexity index is 1100. The summed E-state index contributed by atoms with van der Waals surface area (Å²) < 4.78 is 35.8. The highest BCUT2D eigenvalue weighted by molar-refractivity contribution is 7.89. The maximum absolute atomic E-state index is 13.5. The lowest BCUT2D eigenvalue weighted by atomic mass is 10.1. The first kappa shape index (κ1) is 19.0. The summed E-state index contributed by atoms with van der Waals surface area (Å²) in [7, 11) is -1.77. The Balaban J connectivity index is 1.73. The van der Waals surface area contributed by atoms with Crippen LogP contribution in [-0.2, 0) is 43.0 Å². The van der Waals surface area contributed by atoms with Gasteiger partial charge in [0.25, 0.3) is 0 Å². The molecule has 2 heterocycles. The van der Waals surface area contributed by atoms with Gasteiger partial charge in [0.2, 0.25) is 10.0 Å². The molecule has 148 valence electrons. The number of aryl methyl sites for hydroxylation is 3. The Morgan fingerprint density at radius 2 is 1.96 bits per heavy atom. The van der Waals surface area contributed by atoms with Crippen molar-refractivity contribution in [3.8, 4) is 0 Å². The van der Waals surface area contributed by atoms with Crippen molar-refractivity contribution in [3.05, 3.63) is 70.4 Å². The molecule has 0 N–H and O–H groups in total. The molecule has 0 radical (unpaired) electrons. The number of benzene rings is 1. The Kier molecular flexibility index (Phi) is 4.89. The zero-order valence-corrected chi connectivity index (χ0v) is 17.3. The van der Waals surface area contributed by atoms with Crippen molar-refractivity contribution in [2.24, 2.45) is 7.05 Å². The van der Waals surface area contributed by atoms with Crippen molar-refractivity contribution in [1.82, 2.24) is 14.1 Å². The highest BCUT2D eigenvalue weighted by atomic mass is 32.2. The van der Waals surface area contributed by atoms with Crippen LogP contribution in [0, 0.1) is 13.8 Å². The van der Waals surface area contributed by atoms with E-state index in [0.29, 0.717) is 10.7 Å². The van der Waals surface area contributed by atoms with Crippen LogP contribution in [0.4, 0.5) is 0 Å². The highest BCUT2D eigenvalue weighted by Crippen LogP contribution is 2.28. The maximum atomic E-state index is 13.5. The van der Waals surface area contributed by atoms with E-state index < -0.39 is 10.0 Å². The van der Waals surface area contributed by atoms with E-state index in [4.69, 9.17) is 4.42 Å². The predicted octanol–water partition coefficient (Wildman–Crippen LogP) is 3.51. The summed E-state index contributed by atoms with van der Waals surface area (Å²) in [6.07, 6.45) is 4.61. The van der Waals surface area contributed by atoms with E-state index in [2.05, 4.69) is 5.10 Å². The molecular formula is C21H25N3O3S. The molecule has 2 aromatic heterocycles. The molecule has 1 aliphatic carbocycles. The van der Waals surface area contributed by atoms with Gasteiger partial charge in [-0.25, -0.2) is 8.42 Å². The van der Waals surface area contributed by atoms with Crippen LogP contribution in [0.3, 0.4) is 0 Å². The average Bonchev–Trinajstić information content (AvgIpc) is 3.38. The lowest BCUT2D eigenvalue weighted by Gasteiger charge is -2.21. The first-order chi connectivity index (χ1) is 13.4. The minimum atomic E-state index is -3.70. The van der Waals surface area contributed by atoms with Crippen LogP contribution in [-0.4, -0.2) is 22.5 Å². The van der Waals surface area contributed by atoms with Gasteiger partial charge >= 0.3 is 0 Å². The SMILES string of the molecule is Cc1ccc(S(=O)(=O)N(Cc2ccco2)Cc2nn(C)c3c2CCC3)cc1C. The minimum absolute atomic E-state index is 0.174. The van der Waals surface area contributed by atoms with Crippen LogP contribution in [0.25, 0.3) is 0 Å². The molecule has 7 heteroatoms. The normalized spacial score (nSPS) is 14.0. The molecule has 1 aromatic carbocycles. The number of hydrogen-bond acceptors (Lipinski definition) is 4. The number of sulfonamides is 1. The van der Waals surface area contributed by atoms with Crippen molar-refractivity contribution >= 4 is 10.0 Å². The van der Waals surface area contributed by atoms with Gasteiger partial charge < -0.3 is 4.42 Å². The second-order valence-corrected chi connectivity index (χ2v) is 9.39. The largest absolute Gasteiger partial charge is 0.468 e. The Hall–Kier alpha value is -2.38. The van der Waals surface area contributed by atoms with E-state index in [9.17, 15) is 8.42 Å². The summed E-state index contributed by atoms with van der Waals surface area (Å²) in [5.41, 5.74) is 5.28. The molecule has 0 saturated carbocycles. The van der Waals surface area contributed by atoms with E-state index in [0.717, 1.165) is 36.1 Å². The molecule has 3 aromatic rings. The molecule has 28 heavy (non-hydrogen) atoms. The average molecular weight is 400 g/mol. The van der Waals surface area contributed by atoms with E-state index in [1.165, 1.54) is 15.6 Å². The van der Waals surface area contributed by atoms with Crippen LogP contribution in [0.1, 0.15) is 40.3 Å². The molecule has 6 nitrogen and oxygen atoms in total. The number of fused-ring (bicyclic) bond motifs is 1. The second kappa shape index (κ2) is 7.22. The lowest BCUT2D eigenvalue weighted by molar-refractivity contribution is 0.353. The first-order valence-electron chi connectivity index (χ1n) is 9.49. The quantitative estimate of drug-likeness (QED) is 0.636. The zero-order chi connectivity index (χ0) is 19.9. The van der Waals surface area contributed by atoms with Crippen molar-refractivity contribution in [3.63, 3.8) is 0 Å². The predicted molar refractivity (Wildman–Crippen MR) is 106 cm³/mol. The topological polar surface area (TPSA) is 68.3 Å². The molecule has 0 fully saturated rings. The molecule has 0 aliphatic heterocycles. The zero-order valence-electron chi connectivity index (χ0n) is 16.5. The summed E-state index contributed by atoms with van der Waals surface area (Å²) >= 11 is 0. The number of hydrogen-bond donors (Lipinski definition) is 0. The van der Waals surface area contributed by atoms with Gasteiger partial charge in [-0.15, -0.1) is 0 Å². The fraction of sp³-hybridized carbons (Fsp3) is 0.381. The monoisotopic (exact) mass is 399 g/mol. The van der Waals surface area contributed by atoms with Gasteiger partial charge in [-0.3, -0.25) is 4.68 Å². The van der Waals surface area contributed by atoms with Gasteiger partial charge in [0.05, 0.1) is 29.9 Å². The third kappa shape index (κ3) is 3.40. The van der Waals surface area contributed by atoms with Crippen LogP contribution < -0.4 is 0 Å².